The van der Waals surface area contributed by atoms with E-state index in [1.165, 1.54) is 0 Å². The van der Waals surface area contributed by atoms with Crippen molar-refractivity contribution in [1.82, 2.24) is 9.70 Å². The Bertz CT molecular complexity index is 588. The molecule has 1 spiro atoms. The molecule has 2 aliphatic rings. The molecule has 5 nitrogen and oxygen atoms in total. The number of sulfonamides is 1. The van der Waals surface area contributed by atoms with Crippen LogP contribution in [0.25, 0.3) is 0 Å². The van der Waals surface area contributed by atoms with Gasteiger partial charge in [0, 0.05) is 6.07 Å². The minimum Gasteiger partial charge on any atom is -0.469 e. The highest BCUT2D eigenvalue weighted by atomic mass is 32.2. The van der Waals surface area contributed by atoms with E-state index in [0.717, 1.165) is 12.3 Å². The highest BCUT2D eigenvalue weighted by Gasteiger charge is 2.49. The molecule has 16 heavy (non-hydrogen) atoms. The summed E-state index contributed by atoms with van der Waals surface area (Å²) in [6.07, 6.45) is 2.26. The van der Waals surface area contributed by atoms with Crippen LogP contribution in [0.1, 0.15) is 12.8 Å². The molecule has 86 valence electrons. The summed E-state index contributed by atoms with van der Waals surface area (Å²) in [7, 11) is -4.04. The number of hydrogen-bond donors (Lipinski definition) is 1. The Morgan fingerprint density at radius 3 is 3.06 bits per heavy atom. The largest absolute Gasteiger partial charge is 0.469 e. The fourth-order valence-corrected chi connectivity index (χ4v) is 2.70. The van der Waals surface area contributed by atoms with E-state index in [0.29, 0.717) is 17.6 Å². The van der Waals surface area contributed by atoms with Gasteiger partial charge in [-0.3, -0.25) is 0 Å². The average molecular weight is 245 g/mol. The molecule has 0 atom stereocenters. The van der Waals surface area contributed by atoms with Gasteiger partial charge in [0.25, 0.3) is 0 Å². The van der Waals surface area contributed by atoms with Crippen molar-refractivity contribution in [2.24, 2.45) is 0 Å². The Kier molecular flexibility index (Phi) is 1.62. The number of pyridine rings is 1. The SMILES string of the molecule is [2H]N1CC2(CC2)Oc2ncc(F)cc2S1(=O)=O. The monoisotopic (exact) mass is 245 g/mol. The van der Waals surface area contributed by atoms with E-state index in [4.69, 9.17) is 6.15 Å². The van der Waals surface area contributed by atoms with Gasteiger partial charge in [0.1, 0.15) is 17.7 Å². The van der Waals surface area contributed by atoms with Crippen LogP contribution in [-0.4, -0.2) is 25.5 Å². The predicted molar refractivity (Wildman–Crippen MR) is 52.0 cm³/mol. The van der Waals surface area contributed by atoms with Crippen molar-refractivity contribution in [1.29, 1.82) is 0 Å². The third-order valence-electron chi connectivity index (χ3n) is 2.71. The Balaban J connectivity index is 2.21. The molecule has 0 saturated heterocycles. The zero-order valence-corrected chi connectivity index (χ0v) is 9.00. The highest BCUT2D eigenvalue weighted by Crippen LogP contribution is 2.42. The van der Waals surface area contributed by atoms with E-state index < -0.39 is 21.4 Å². The van der Waals surface area contributed by atoms with Crippen molar-refractivity contribution in [3.05, 3.63) is 18.1 Å². The lowest BCUT2D eigenvalue weighted by Crippen LogP contribution is -2.33. The zero-order chi connectivity index (χ0) is 12.3. The quantitative estimate of drug-likeness (QED) is 0.719. The molecule has 0 radical (unpaired) electrons. The number of rotatable bonds is 0. The van der Waals surface area contributed by atoms with Crippen LogP contribution < -0.4 is 9.45 Å². The molecule has 1 fully saturated rings. The van der Waals surface area contributed by atoms with Gasteiger partial charge in [-0.25, -0.2) is 22.5 Å². The minimum atomic E-state index is -4.04. The molecule has 1 aromatic rings. The van der Waals surface area contributed by atoms with Gasteiger partial charge < -0.3 is 4.74 Å². The standard InChI is InChI=1S/C9H9FN2O3S/c10-6-3-7-8(11-4-6)15-9(1-2-9)5-12-16(7,13)14/h3-4,12H,1-2,5H2/i/hD. The van der Waals surface area contributed by atoms with Crippen LogP contribution in [0.3, 0.4) is 0 Å². The molecule has 1 saturated carbocycles. The Hall–Kier alpha value is -1.21. The molecule has 1 aliphatic carbocycles. The number of nitrogens with one attached hydrogen (secondary N) is 1. The second kappa shape index (κ2) is 2.92. The lowest BCUT2D eigenvalue weighted by Gasteiger charge is -2.12. The third-order valence-corrected chi connectivity index (χ3v) is 4.02. The first-order valence-corrected chi connectivity index (χ1v) is 6.23. The van der Waals surface area contributed by atoms with Gasteiger partial charge in [0.15, 0.2) is 0 Å². The average Bonchev–Trinajstić information content (AvgIpc) is 3.00. The van der Waals surface area contributed by atoms with Gasteiger partial charge in [0.05, 0.1) is 12.7 Å². The van der Waals surface area contributed by atoms with Crippen LogP contribution in [-0.2, 0) is 10.0 Å². The highest BCUT2D eigenvalue weighted by molar-refractivity contribution is 7.89. The van der Waals surface area contributed by atoms with Gasteiger partial charge >= 0.3 is 0 Å². The number of nitrogens with zero attached hydrogens (tertiary/aromatic N) is 1. The number of fused-ring (bicyclic) bond motifs is 1. The van der Waals surface area contributed by atoms with Crippen molar-refractivity contribution in [3.63, 3.8) is 0 Å². The van der Waals surface area contributed by atoms with E-state index in [1.54, 1.807) is 0 Å². The fourth-order valence-electron chi connectivity index (χ4n) is 1.58. The Morgan fingerprint density at radius 1 is 1.62 bits per heavy atom. The molecular formula is C9H9FN2O3S. The summed E-state index contributed by atoms with van der Waals surface area (Å²) >= 11 is 0. The normalized spacial score (nSPS) is 26.4. The molecule has 0 aromatic carbocycles. The fraction of sp³-hybridized carbons (Fsp3) is 0.444. The molecule has 1 aliphatic heterocycles. The predicted octanol–water partition coefficient (Wildman–Crippen LogP) is 0.424. The second-order valence-electron chi connectivity index (χ2n) is 4.00. The first kappa shape index (κ1) is 8.89. The van der Waals surface area contributed by atoms with Gasteiger partial charge in [-0.05, 0) is 12.8 Å². The summed E-state index contributed by atoms with van der Waals surface area (Å²) in [6.45, 7) is -0.0483. The first-order chi connectivity index (χ1) is 7.93. The maximum atomic E-state index is 13.0. The van der Waals surface area contributed by atoms with Crippen molar-refractivity contribution in [3.8, 4) is 5.88 Å². The lowest BCUT2D eigenvalue weighted by atomic mass is 10.3. The summed E-state index contributed by atoms with van der Waals surface area (Å²) in [5, 5.41) is 0. The summed E-state index contributed by atoms with van der Waals surface area (Å²) in [4.78, 5) is 3.28. The maximum absolute atomic E-state index is 13.0. The summed E-state index contributed by atoms with van der Waals surface area (Å²) < 4.78 is 50.4. The van der Waals surface area contributed by atoms with E-state index in [9.17, 15) is 12.8 Å². The number of halogens is 1. The van der Waals surface area contributed by atoms with Crippen molar-refractivity contribution >= 4 is 10.0 Å². The number of aromatic nitrogens is 1. The summed E-state index contributed by atoms with van der Waals surface area (Å²) in [5.41, 5.74) is -0.648. The molecule has 1 N–H and O–H groups in total. The van der Waals surface area contributed by atoms with Gasteiger partial charge in [-0.2, -0.15) is 0 Å². The number of hydrogen-bond acceptors (Lipinski definition) is 4. The lowest BCUT2D eigenvalue weighted by molar-refractivity contribution is 0.173. The van der Waals surface area contributed by atoms with Gasteiger partial charge in [-0.15, -0.1) is 0 Å². The van der Waals surface area contributed by atoms with Crippen molar-refractivity contribution in [2.45, 2.75) is 23.3 Å². The van der Waals surface area contributed by atoms with Crippen LogP contribution in [0, 0.1) is 5.82 Å². The molecule has 1 aromatic heterocycles. The topological polar surface area (TPSA) is 68.3 Å². The van der Waals surface area contributed by atoms with Crippen LogP contribution in [0.4, 0.5) is 4.39 Å². The summed E-state index contributed by atoms with van der Waals surface area (Å²) in [6, 6.07) is 0.834. The van der Waals surface area contributed by atoms with E-state index in [1.807, 2.05) is 0 Å². The maximum Gasteiger partial charge on any atom is 0.246 e. The minimum absolute atomic E-state index is 0.0483. The third kappa shape index (κ3) is 1.47. The van der Waals surface area contributed by atoms with Gasteiger partial charge in [-0.1, -0.05) is 0 Å². The molecular weight excluding hydrogens is 235 g/mol. The molecule has 2 heterocycles. The van der Waals surface area contributed by atoms with Crippen LogP contribution in [0.5, 0.6) is 5.88 Å². The van der Waals surface area contributed by atoms with E-state index in [-0.39, 0.29) is 17.3 Å². The van der Waals surface area contributed by atoms with Gasteiger partial charge in [0.2, 0.25) is 15.9 Å². The van der Waals surface area contributed by atoms with Crippen molar-refractivity contribution < 1.29 is 19.0 Å². The second-order valence-corrected chi connectivity index (χ2v) is 5.65. The Morgan fingerprint density at radius 2 is 2.38 bits per heavy atom. The van der Waals surface area contributed by atoms with Crippen LogP contribution in [0.15, 0.2) is 17.2 Å². The molecule has 0 unspecified atom stereocenters. The number of ether oxygens (including phenoxy) is 1. The molecule has 0 bridgehead atoms. The zero-order valence-electron chi connectivity index (χ0n) is 9.18. The summed E-state index contributed by atoms with van der Waals surface area (Å²) in [5.74, 6) is -0.880. The van der Waals surface area contributed by atoms with E-state index in [2.05, 4.69) is 4.98 Å². The molecule has 7 heteroatoms. The smallest absolute Gasteiger partial charge is 0.246 e. The van der Waals surface area contributed by atoms with Crippen LogP contribution in [0.2, 0.25) is 1.41 Å². The van der Waals surface area contributed by atoms with Crippen molar-refractivity contribution in [2.75, 3.05) is 6.54 Å². The first-order valence-electron chi connectivity index (χ1n) is 5.24. The Labute approximate surface area is 93.2 Å². The van der Waals surface area contributed by atoms with E-state index >= 15 is 0 Å². The molecule has 0 amide bonds. The van der Waals surface area contributed by atoms with Crippen LogP contribution >= 0.6 is 0 Å². The molecule has 3 rings (SSSR count).